The molecule has 1 fully saturated rings. The second-order valence-electron chi connectivity index (χ2n) is 4.33. The average Bonchev–Trinajstić information content (AvgIpc) is 2.77. The van der Waals surface area contributed by atoms with Crippen LogP contribution in [0.4, 0.5) is 0 Å². The van der Waals surface area contributed by atoms with Gasteiger partial charge in [0.1, 0.15) is 5.60 Å². The van der Waals surface area contributed by atoms with Crippen LogP contribution in [0.5, 0.6) is 0 Å². The van der Waals surface area contributed by atoms with Crippen LogP contribution >= 0.6 is 38.5 Å². The molecule has 0 saturated carbocycles. The van der Waals surface area contributed by atoms with E-state index in [-0.39, 0.29) is 19.1 Å². The molecule has 98 valence electrons. The SMILES string of the molecule is O=C(NCC1(O)CCOC1)c1cc(Br)ccc1I. The van der Waals surface area contributed by atoms with Crippen LogP contribution in [-0.2, 0) is 4.74 Å². The van der Waals surface area contributed by atoms with Gasteiger partial charge in [-0.1, -0.05) is 15.9 Å². The number of carbonyl (C=O) groups is 1. The number of rotatable bonds is 3. The predicted octanol–water partition coefficient (Wildman–Crippen LogP) is 1.93. The molecule has 0 radical (unpaired) electrons. The first-order valence-corrected chi connectivity index (χ1v) is 7.41. The van der Waals surface area contributed by atoms with Gasteiger partial charge in [0.2, 0.25) is 0 Å². The Morgan fingerprint density at radius 3 is 3.06 bits per heavy atom. The minimum atomic E-state index is -0.924. The number of hydrogen-bond donors (Lipinski definition) is 2. The third-order valence-electron chi connectivity index (χ3n) is 2.83. The summed E-state index contributed by atoms with van der Waals surface area (Å²) in [7, 11) is 0. The first-order chi connectivity index (χ1) is 8.50. The van der Waals surface area contributed by atoms with Crippen molar-refractivity contribution < 1.29 is 14.6 Å². The Hall–Kier alpha value is -0.180. The zero-order valence-corrected chi connectivity index (χ0v) is 13.3. The number of amides is 1. The molecule has 2 rings (SSSR count). The van der Waals surface area contributed by atoms with E-state index in [0.717, 1.165) is 8.04 Å². The molecule has 6 heteroatoms. The largest absolute Gasteiger partial charge is 0.386 e. The van der Waals surface area contributed by atoms with Gasteiger partial charge in [0.15, 0.2) is 0 Å². The molecule has 18 heavy (non-hydrogen) atoms. The quantitative estimate of drug-likeness (QED) is 0.727. The van der Waals surface area contributed by atoms with Crippen LogP contribution in [-0.4, -0.2) is 36.4 Å². The van der Waals surface area contributed by atoms with Crippen LogP contribution in [0.15, 0.2) is 22.7 Å². The Labute approximate surface area is 127 Å². The van der Waals surface area contributed by atoms with Gasteiger partial charge in [-0.25, -0.2) is 0 Å². The number of aliphatic hydroxyl groups is 1. The van der Waals surface area contributed by atoms with Gasteiger partial charge in [0.05, 0.1) is 12.2 Å². The normalized spacial score (nSPS) is 23.1. The fourth-order valence-electron chi connectivity index (χ4n) is 1.75. The van der Waals surface area contributed by atoms with Gasteiger partial charge >= 0.3 is 0 Å². The molecule has 1 unspecified atom stereocenters. The Kier molecular flexibility index (Phi) is 4.63. The molecule has 0 spiro atoms. The standard InChI is InChI=1S/C12H13BrINO3/c13-8-1-2-10(14)9(5-8)11(16)15-6-12(17)3-4-18-7-12/h1-2,5,17H,3-4,6-7H2,(H,15,16). The van der Waals surface area contributed by atoms with Crippen molar-refractivity contribution in [1.29, 1.82) is 0 Å². The first kappa shape index (κ1) is 14.2. The van der Waals surface area contributed by atoms with Crippen molar-refractivity contribution in [1.82, 2.24) is 5.32 Å². The van der Waals surface area contributed by atoms with Gasteiger partial charge in [0, 0.05) is 27.6 Å². The molecule has 1 atom stereocenters. The van der Waals surface area contributed by atoms with E-state index in [1.165, 1.54) is 0 Å². The maximum atomic E-state index is 12.0. The highest BCUT2D eigenvalue weighted by molar-refractivity contribution is 14.1. The maximum absolute atomic E-state index is 12.0. The molecule has 1 aliphatic rings. The first-order valence-electron chi connectivity index (χ1n) is 5.54. The number of halogens is 2. The number of ether oxygens (including phenoxy) is 1. The van der Waals surface area contributed by atoms with Crippen molar-refractivity contribution in [3.05, 3.63) is 31.8 Å². The van der Waals surface area contributed by atoms with E-state index >= 15 is 0 Å². The Morgan fingerprint density at radius 1 is 1.61 bits per heavy atom. The fraction of sp³-hybridized carbons (Fsp3) is 0.417. The van der Waals surface area contributed by atoms with E-state index in [2.05, 4.69) is 43.8 Å². The van der Waals surface area contributed by atoms with Gasteiger partial charge in [0.25, 0.3) is 5.91 Å². The predicted molar refractivity (Wildman–Crippen MR) is 79.6 cm³/mol. The van der Waals surface area contributed by atoms with E-state index in [9.17, 15) is 9.90 Å². The second-order valence-corrected chi connectivity index (χ2v) is 6.41. The summed E-state index contributed by atoms with van der Waals surface area (Å²) in [6.45, 7) is 1.04. The summed E-state index contributed by atoms with van der Waals surface area (Å²) < 4.78 is 6.87. The summed E-state index contributed by atoms with van der Waals surface area (Å²) in [4.78, 5) is 12.0. The molecule has 2 N–H and O–H groups in total. The molecule has 0 bridgehead atoms. The van der Waals surface area contributed by atoms with Gasteiger partial charge in [-0.3, -0.25) is 4.79 Å². The van der Waals surface area contributed by atoms with Crippen molar-refractivity contribution in [3.8, 4) is 0 Å². The number of benzene rings is 1. The molecular weight excluding hydrogens is 413 g/mol. The summed E-state index contributed by atoms with van der Waals surface area (Å²) >= 11 is 5.45. The summed E-state index contributed by atoms with van der Waals surface area (Å²) in [5.74, 6) is -0.180. The van der Waals surface area contributed by atoms with E-state index in [1.807, 2.05) is 12.1 Å². The van der Waals surface area contributed by atoms with Crippen molar-refractivity contribution in [3.63, 3.8) is 0 Å². The average molecular weight is 426 g/mol. The van der Waals surface area contributed by atoms with E-state index in [0.29, 0.717) is 18.6 Å². The monoisotopic (exact) mass is 425 g/mol. The van der Waals surface area contributed by atoms with Gasteiger partial charge in [-0.05, 0) is 40.8 Å². The van der Waals surface area contributed by atoms with Crippen LogP contribution in [0.3, 0.4) is 0 Å². The zero-order chi connectivity index (χ0) is 13.2. The number of nitrogens with one attached hydrogen (secondary N) is 1. The minimum absolute atomic E-state index is 0.180. The third kappa shape index (κ3) is 3.43. The summed E-state index contributed by atoms with van der Waals surface area (Å²) in [6.07, 6.45) is 0.558. The molecule has 1 aromatic carbocycles. The highest BCUT2D eigenvalue weighted by atomic mass is 127. The van der Waals surface area contributed by atoms with Gasteiger partial charge < -0.3 is 15.2 Å². The van der Waals surface area contributed by atoms with Crippen LogP contribution in [0.1, 0.15) is 16.8 Å². The van der Waals surface area contributed by atoms with Crippen LogP contribution in [0.25, 0.3) is 0 Å². The lowest BCUT2D eigenvalue weighted by Gasteiger charge is -2.20. The molecule has 1 heterocycles. The summed E-state index contributed by atoms with van der Waals surface area (Å²) in [5, 5.41) is 12.8. The van der Waals surface area contributed by atoms with Crippen LogP contribution < -0.4 is 5.32 Å². The van der Waals surface area contributed by atoms with Crippen molar-refractivity contribution in [2.24, 2.45) is 0 Å². The van der Waals surface area contributed by atoms with Gasteiger partial charge in [-0.2, -0.15) is 0 Å². The Balaban J connectivity index is 2.01. The van der Waals surface area contributed by atoms with E-state index in [1.54, 1.807) is 6.07 Å². The molecular formula is C12H13BrINO3. The minimum Gasteiger partial charge on any atom is -0.386 e. The molecule has 1 aromatic rings. The fourth-order valence-corrected chi connectivity index (χ4v) is 2.69. The topological polar surface area (TPSA) is 58.6 Å². The highest BCUT2D eigenvalue weighted by Gasteiger charge is 2.32. The van der Waals surface area contributed by atoms with Gasteiger partial charge in [-0.15, -0.1) is 0 Å². The van der Waals surface area contributed by atoms with Crippen molar-refractivity contribution in [2.75, 3.05) is 19.8 Å². The third-order valence-corrected chi connectivity index (χ3v) is 4.27. The smallest absolute Gasteiger partial charge is 0.252 e. The molecule has 4 nitrogen and oxygen atoms in total. The molecule has 1 saturated heterocycles. The zero-order valence-electron chi connectivity index (χ0n) is 9.58. The van der Waals surface area contributed by atoms with Crippen LogP contribution in [0, 0.1) is 3.57 Å². The molecule has 0 aromatic heterocycles. The lowest BCUT2D eigenvalue weighted by Crippen LogP contribution is -2.43. The van der Waals surface area contributed by atoms with E-state index in [4.69, 9.17) is 4.74 Å². The van der Waals surface area contributed by atoms with E-state index < -0.39 is 5.60 Å². The van der Waals surface area contributed by atoms with Crippen molar-refractivity contribution >= 4 is 44.4 Å². The molecule has 1 amide bonds. The summed E-state index contributed by atoms with van der Waals surface area (Å²) in [6, 6.07) is 5.52. The second kappa shape index (κ2) is 5.85. The lowest BCUT2D eigenvalue weighted by molar-refractivity contribution is 0.0264. The Bertz CT molecular complexity index is 461. The molecule has 0 aliphatic carbocycles. The summed E-state index contributed by atoms with van der Waals surface area (Å²) in [5.41, 5.74) is -0.319. The molecule has 1 aliphatic heterocycles. The number of hydrogen-bond acceptors (Lipinski definition) is 3. The Morgan fingerprint density at radius 2 is 2.39 bits per heavy atom. The maximum Gasteiger partial charge on any atom is 0.252 e. The lowest BCUT2D eigenvalue weighted by atomic mass is 10.0. The van der Waals surface area contributed by atoms with Crippen LogP contribution in [0.2, 0.25) is 0 Å². The van der Waals surface area contributed by atoms with Crippen molar-refractivity contribution in [2.45, 2.75) is 12.0 Å². The highest BCUT2D eigenvalue weighted by Crippen LogP contribution is 2.20. The number of carbonyl (C=O) groups excluding carboxylic acids is 1.